The number of aromatic nitrogens is 1. The Morgan fingerprint density at radius 1 is 1.31 bits per heavy atom. The second-order valence-electron chi connectivity index (χ2n) is 6.96. The smallest absolute Gasteiger partial charge is 0.341 e. The van der Waals surface area contributed by atoms with Gasteiger partial charge in [-0.1, -0.05) is 0 Å². The molecule has 1 atom stereocenters. The van der Waals surface area contributed by atoms with Crippen molar-refractivity contribution in [1.29, 1.82) is 0 Å². The van der Waals surface area contributed by atoms with Crippen molar-refractivity contribution in [3.8, 4) is 0 Å². The summed E-state index contributed by atoms with van der Waals surface area (Å²) in [7, 11) is 0. The molecule has 2 aromatic heterocycles. The van der Waals surface area contributed by atoms with Gasteiger partial charge in [-0.2, -0.15) is 0 Å². The molecule has 0 amide bonds. The summed E-state index contributed by atoms with van der Waals surface area (Å²) < 4.78 is 15.9. The number of carboxylic acid groups (broad SMARTS) is 1. The number of nitrogens with zero attached hydrogens (tertiary/aromatic N) is 2. The fourth-order valence-electron chi connectivity index (χ4n) is 3.83. The third-order valence-electron chi connectivity index (χ3n) is 5.17. The van der Waals surface area contributed by atoms with Crippen LogP contribution in [0, 0.1) is 12.7 Å². The Hall–Kier alpha value is -2.12. The molecule has 140 valence electrons. The number of rotatable bonds is 3. The molecule has 2 aromatic rings. The molecular weight excluding hydrogens is 363 g/mol. The van der Waals surface area contributed by atoms with Crippen molar-refractivity contribution in [3.05, 3.63) is 45.1 Å². The first-order chi connectivity index (χ1) is 11.9. The number of halogens is 2. The van der Waals surface area contributed by atoms with Gasteiger partial charge >= 0.3 is 5.97 Å². The average Bonchev–Trinajstić information content (AvgIpc) is 3.30. The van der Waals surface area contributed by atoms with Crippen LogP contribution < -0.4 is 10.5 Å². The zero-order valence-corrected chi connectivity index (χ0v) is 15.1. The van der Waals surface area contributed by atoms with Gasteiger partial charge in [0.1, 0.15) is 5.56 Å². The number of pyridine rings is 2. The maximum Gasteiger partial charge on any atom is 0.341 e. The predicted molar refractivity (Wildman–Crippen MR) is 97.4 cm³/mol. The molecule has 1 saturated heterocycles. The number of fused-ring (bicyclic) bond motifs is 1. The van der Waals surface area contributed by atoms with E-state index in [4.69, 9.17) is 0 Å². The van der Waals surface area contributed by atoms with Gasteiger partial charge in [0.25, 0.3) is 5.56 Å². The van der Waals surface area contributed by atoms with Gasteiger partial charge in [-0.15, -0.1) is 12.4 Å². The molecule has 2 fully saturated rings. The van der Waals surface area contributed by atoms with Gasteiger partial charge in [0.15, 0.2) is 5.82 Å². The summed E-state index contributed by atoms with van der Waals surface area (Å²) in [6.45, 7) is 2.65. The first-order valence-corrected chi connectivity index (χ1v) is 8.43. The van der Waals surface area contributed by atoms with E-state index in [9.17, 15) is 24.2 Å². The van der Waals surface area contributed by atoms with E-state index >= 15 is 0 Å². The topological polar surface area (TPSA) is 82.2 Å². The number of carboxylic acids is 1. The van der Waals surface area contributed by atoms with Crippen LogP contribution in [0.25, 0.3) is 5.52 Å². The van der Waals surface area contributed by atoms with Crippen molar-refractivity contribution in [3.63, 3.8) is 0 Å². The summed E-state index contributed by atoms with van der Waals surface area (Å²) in [5, 5.41) is 19.1. The summed E-state index contributed by atoms with van der Waals surface area (Å²) in [5.41, 5.74) is 1.33. The maximum atomic E-state index is 14.8. The fourth-order valence-corrected chi connectivity index (χ4v) is 3.83. The van der Waals surface area contributed by atoms with E-state index < -0.39 is 23.4 Å². The average molecular weight is 383 g/mol. The molecule has 2 N–H and O–H groups in total. The van der Waals surface area contributed by atoms with Gasteiger partial charge in [-0.05, 0) is 49.3 Å². The molecule has 0 radical (unpaired) electrons. The molecule has 0 aromatic carbocycles. The van der Waals surface area contributed by atoms with Crippen molar-refractivity contribution in [2.75, 3.05) is 18.0 Å². The number of aliphatic hydroxyl groups excluding tert-OH is 1. The quantitative estimate of drug-likeness (QED) is 0.851. The molecule has 1 saturated carbocycles. The lowest BCUT2D eigenvalue weighted by atomic mass is 10.0. The van der Waals surface area contributed by atoms with Crippen molar-refractivity contribution >= 4 is 29.6 Å². The first-order valence-electron chi connectivity index (χ1n) is 8.43. The molecular formula is C18H20ClFN2O4. The molecule has 4 rings (SSSR count). The van der Waals surface area contributed by atoms with Crippen molar-refractivity contribution in [1.82, 2.24) is 4.40 Å². The van der Waals surface area contributed by atoms with Gasteiger partial charge in [0.2, 0.25) is 0 Å². The van der Waals surface area contributed by atoms with E-state index in [0.29, 0.717) is 36.3 Å². The second-order valence-corrected chi connectivity index (χ2v) is 6.96. The number of hydrogen-bond donors (Lipinski definition) is 2. The second kappa shape index (κ2) is 6.55. The minimum atomic E-state index is -1.30. The normalized spacial score (nSPS) is 19.7. The first kappa shape index (κ1) is 18.7. The van der Waals surface area contributed by atoms with E-state index in [1.165, 1.54) is 6.07 Å². The monoisotopic (exact) mass is 382 g/mol. The van der Waals surface area contributed by atoms with Crippen LogP contribution in [0.4, 0.5) is 10.1 Å². The van der Waals surface area contributed by atoms with Crippen LogP contribution in [0.3, 0.4) is 0 Å². The van der Waals surface area contributed by atoms with E-state index in [2.05, 4.69) is 0 Å². The SMILES string of the molecule is Cc1c(N2CCC(O)C2)c(F)cn2c(=O)c(C(=O)O)cc(C3CC3)c12.Cl. The van der Waals surface area contributed by atoms with Crippen molar-refractivity contribution < 1.29 is 19.4 Å². The molecule has 2 aliphatic rings. The van der Waals surface area contributed by atoms with E-state index in [1.807, 2.05) is 0 Å². The van der Waals surface area contributed by atoms with Crippen LogP contribution >= 0.6 is 12.4 Å². The molecule has 0 spiro atoms. The Labute approximate surface area is 155 Å². The molecule has 0 bridgehead atoms. The van der Waals surface area contributed by atoms with Crippen molar-refractivity contribution in [2.45, 2.75) is 38.2 Å². The van der Waals surface area contributed by atoms with Crippen LogP contribution in [0.2, 0.25) is 0 Å². The number of carbonyl (C=O) groups is 1. The molecule has 6 nitrogen and oxygen atoms in total. The van der Waals surface area contributed by atoms with E-state index in [1.54, 1.807) is 11.8 Å². The Morgan fingerprint density at radius 2 is 2.00 bits per heavy atom. The number of aryl methyl sites for hydroxylation is 1. The number of aliphatic hydroxyl groups is 1. The highest BCUT2D eigenvalue weighted by Crippen LogP contribution is 2.44. The lowest BCUT2D eigenvalue weighted by Crippen LogP contribution is -2.27. The van der Waals surface area contributed by atoms with Crippen LogP contribution in [0.1, 0.15) is 46.7 Å². The lowest BCUT2D eigenvalue weighted by molar-refractivity contribution is 0.0694. The summed E-state index contributed by atoms with van der Waals surface area (Å²) in [4.78, 5) is 25.7. The molecule has 3 heterocycles. The van der Waals surface area contributed by atoms with Crippen molar-refractivity contribution in [2.24, 2.45) is 0 Å². The van der Waals surface area contributed by atoms with Gasteiger partial charge in [-0.3, -0.25) is 9.20 Å². The Kier molecular flexibility index (Phi) is 4.71. The highest BCUT2D eigenvalue weighted by Gasteiger charge is 2.31. The summed E-state index contributed by atoms with van der Waals surface area (Å²) in [5.74, 6) is -1.67. The van der Waals surface area contributed by atoms with Gasteiger partial charge in [0.05, 0.1) is 23.5 Å². The largest absolute Gasteiger partial charge is 0.477 e. The van der Waals surface area contributed by atoms with Crippen LogP contribution in [-0.4, -0.2) is 39.8 Å². The number of anilines is 1. The third-order valence-corrected chi connectivity index (χ3v) is 5.17. The Bertz CT molecular complexity index is 955. The summed E-state index contributed by atoms with van der Waals surface area (Å²) in [6.07, 6.45) is 3.03. The highest BCUT2D eigenvalue weighted by molar-refractivity contribution is 5.89. The third kappa shape index (κ3) is 2.85. The predicted octanol–water partition coefficient (Wildman–Crippen LogP) is 2.32. The number of β-amino-alcohol motifs (C(OH)–C–C–N with tert-alkyl or cyclic N) is 1. The minimum Gasteiger partial charge on any atom is -0.477 e. The van der Waals surface area contributed by atoms with Crippen LogP contribution in [0.5, 0.6) is 0 Å². The standard InChI is InChI=1S/C18H19FN2O4.ClH/c1-9-15-12(10-2-3-10)6-13(18(24)25)17(23)21(15)8-14(19)16(9)20-5-4-11(22)7-20;/h6,8,10-11,22H,2-5,7H2,1H3,(H,24,25);1H. The molecule has 26 heavy (non-hydrogen) atoms. The lowest BCUT2D eigenvalue weighted by Gasteiger charge is -2.23. The zero-order valence-electron chi connectivity index (χ0n) is 14.2. The molecule has 1 aliphatic heterocycles. The zero-order chi connectivity index (χ0) is 17.9. The summed E-state index contributed by atoms with van der Waals surface area (Å²) in [6, 6.07) is 1.45. The molecule has 1 aliphatic carbocycles. The minimum absolute atomic E-state index is 0. The van der Waals surface area contributed by atoms with E-state index in [0.717, 1.165) is 29.0 Å². The van der Waals surface area contributed by atoms with Gasteiger partial charge < -0.3 is 15.1 Å². The highest BCUT2D eigenvalue weighted by atomic mass is 35.5. The van der Waals surface area contributed by atoms with Gasteiger partial charge in [0, 0.05) is 13.1 Å². The summed E-state index contributed by atoms with van der Waals surface area (Å²) >= 11 is 0. The van der Waals surface area contributed by atoms with E-state index in [-0.39, 0.29) is 23.9 Å². The Morgan fingerprint density at radius 3 is 2.54 bits per heavy atom. The van der Waals surface area contributed by atoms with Crippen LogP contribution in [0.15, 0.2) is 17.1 Å². The molecule has 8 heteroatoms. The number of aromatic carboxylic acids is 1. The molecule has 1 unspecified atom stereocenters. The van der Waals surface area contributed by atoms with Gasteiger partial charge in [-0.25, -0.2) is 9.18 Å². The van der Waals surface area contributed by atoms with Crippen LogP contribution in [-0.2, 0) is 0 Å². The Balaban J connectivity index is 0.00000196. The number of hydrogen-bond acceptors (Lipinski definition) is 4. The fraction of sp³-hybridized carbons (Fsp3) is 0.444. The maximum absolute atomic E-state index is 14.8.